The highest BCUT2D eigenvalue weighted by Crippen LogP contribution is 2.25. The van der Waals surface area contributed by atoms with Crippen LogP contribution in [0.3, 0.4) is 0 Å². The number of aromatic nitrogens is 2. The van der Waals surface area contributed by atoms with E-state index in [-0.39, 0.29) is 11.3 Å². The number of fused-ring (bicyclic) bond motifs is 1. The van der Waals surface area contributed by atoms with E-state index in [1.807, 2.05) is 36.4 Å². The standard InChI is InChI=1S/C20H18ClN3O2/c21-16-10-13(6-7-18(16)25)11-24-9-8-15-17(12-24)22-19(23-20(15)26)14-4-2-1-3-5-14/h1-7,10,25H,8-9,11-12H2,(H,22,23,26). The van der Waals surface area contributed by atoms with Crippen LogP contribution in [-0.2, 0) is 19.5 Å². The highest BCUT2D eigenvalue weighted by atomic mass is 35.5. The number of phenolic OH excluding ortho intramolecular Hbond substituents is 1. The predicted octanol–water partition coefficient (Wildman–Crippen LogP) is 3.35. The second-order valence-electron chi connectivity index (χ2n) is 6.45. The number of hydrogen-bond donors (Lipinski definition) is 2. The monoisotopic (exact) mass is 367 g/mol. The molecular formula is C20H18ClN3O2. The van der Waals surface area contributed by atoms with Crippen LogP contribution >= 0.6 is 11.6 Å². The summed E-state index contributed by atoms with van der Waals surface area (Å²) < 4.78 is 0. The van der Waals surface area contributed by atoms with Crippen molar-refractivity contribution in [1.82, 2.24) is 14.9 Å². The number of aromatic amines is 1. The number of nitrogens with zero attached hydrogens (tertiary/aromatic N) is 2. The molecule has 2 heterocycles. The van der Waals surface area contributed by atoms with Crippen LogP contribution in [-0.4, -0.2) is 26.5 Å². The normalized spacial score (nSPS) is 14.2. The summed E-state index contributed by atoms with van der Waals surface area (Å²) in [4.78, 5) is 22.3. The molecule has 0 aliphatic carbocycles. The van der Waals surface area contributed by atoms with Gasteiger partial charge in [0.25, 0.3) is 5.56 Å². The summed E-state index contributed by atoms with van der Waals surface area (Å²) in [6, 6.07) is 14.9. The Morgan fingerprint density at radius 2 is 2.00 bits per heavy atom. The minimum absolute atomic E-state index is 0.0545. The largest absolute Gasteiger partial charge is 0.506 e. The summed E-state index contributed by atoms with van der Waals surface area (Å²) >= 11 is 6.00. The summed E-state index contributed by atoms with van der Waals surface area (Å²) in [6.07, 6.45) is 0.665. The van der Waals surface area contributed by atoms with Crippen molar-refractivity contribution in [2.24, 2.45) is 0 Å². The smallest absolute Gasteiger partial charge is 0.254 e. The van der Waals surface area contributed by atoms with Crippen LogP contribution in [0.5, 0.6) is 5.75 Å². The fourth-order valence-corrected chi connectivity index (χ4v) is 3.47. The van der Waals surface area contributed by atoms with E-state index >= 15 is 0 Å². The van der Waals surface area contributed by atoms with Gasteiger partial charge in [-0.25, -0.2) is 4.98 Å². The molecule has 1 aliphatic heterocycles. The first-order valence-electron chi connectivity index (χ1n) is 8.47. The Labute approximate surface area is 155 Å². The molecule has 4 rings (SSSR count). The third-order valence-corrected chi connectivity index (χ3v) is 4.92. The number of aromatic hydroxyl groups is 1. The van der Waals surface area contributed by atoms with Crippen LogP contribution in [0.15, 0.2) is 53.3 Å². The molecule has 132 valence electrons. The number of nitrogens with one attached hydrogen (secondary N) is 1. The molecule has 1 aromatic heterocycles. The van der Waals surface area contributed by atoms with Gasteiger partial charge in [-0.2, -0.15) is 0 Å². The van der Waals surface area contributed by atoms with E-state index in [0.717, 1.165) is 28.9 Å². The lowest BCUT2D eigenvalue weighted by Crippen LogP contribution is -2.35. The van der Waals surface area contributed by atoms with Gasteiger partial charge in [0.2, 0.25) is 0 Å². The van der Waals surface area contributed by atoms with E-state index in [4.69, 9.17) is 16.6 Å². The Morgan fingerprint density at radius 3 is 2.77 bits per heavy atom. The number of hydrogen-bond acceptors (Lipinski definition) is 4. The maximum absolute atomic E-state index is 12.4. The maximum atomic E-state index is 12.4. The Hall–Kier alpha value is -2.63. The highest BCUT2D eigenvalue weighted by molar-refractivity contribution is 6.32. The lowest BCUT2D eigenvalue weighted by molar-refractivity contribution is 0.240. The van der Waals surface area contributed by atoms with Gasteiger partial charge in [-0.3, -0.25) is 9.69 Å². The lowest BCUT2D eigenvalue weighted by atomic mass is 10.0. The fraction of sp³-hybridized carbons (Fsp3) is 0.200. The van der Waals surface area contributed by atoms with E-state index in [1.54, 1.807) is 12.1 Å². The van der Waals surface area contributed by atoms with E-state index in [1.165, 1.54) is 0 Å². The van der Waals surface area contributed by atoms with Gasteiger partial charge in [0.1, 0.15) is 11.6 Å². The molecule has 0 atom stereocenters. The molecule has 0 unspecified atom stereocenters. The van der Waals surface area contributed by atoms with Crippen molar-refractivity contribution in [3.05, 3.63) is 80.7 Å². The summed E-state index contributed by atoms with van der Waals surface area (Å²) in [5.74, 6) is 0.684. The lowest BCUT2D eigenvalue weighted by Gasteiger charge is -2.27. The Balaban J connectivity index is 1.60. The van der Waals surface area contributed by atoms with Gasteiger partial charge in [-0.05, 0) is 24.1 Å². The van der Waals surface area contributed by atoms with Crippen molar-refractivity contribution >= 4 is 11.6 Å². The first-order chi connectivity index (χ1) is 12.6. The van der Waals surface area contributed by atoms with Crippen molar-refractivity contribution in [3.8, 4) is 17.1 Å². The van der Waals surface area contributed by atoms with Gasteiger partial charge in [-0.1, -0.05) is 48.0 Å². The second kappa shape index (κ2) is 6.94. The third kappa shape index (κ3) is 3.36. The number of benzene rings is 2. The topological polar surface area (TPSA) is 69.2 Å². The van der Waals surface area contributed by atoms with Crippen molar-refractivity contribution in [1.29, 1.82) is 0 Å². The van der Waals surface area contributed by atoms with Crippen molar-refractivity contribution < 1.29 is 5.11 Å². The first kappa shape index (κ1) is 16.8. The Kier molecular flexibility index (Phi) is 4.49. The van der Waals surface area contributed by atoms with Crippen LogP contribution in [0.4, 0.5) is 0 Å². The molecule has 1 aliphatic rings. The number of H-pyrrole nitrogens is 1. The molecule has 0 bridgehead atoms. The third-order valence-electron chi connectivity index (χ3n) is 4.62. The van der Waals surface area contributed by atoms with E-state index in [9.17, 15) is 9.90 Å². The molecular weight excluding hydrogens is 350 g/mol. The molecule has 2 N–H and O–H groups in total. The zero-order valence-electron chi connectivity index (χ0n) is 14.1. The summed E-state index contributed by atoms with van der Waals surface area (Å²) in [7, 11) is 0. The van der Waals surface area contributed by atoms with Crippen LogP contribution in [0, 0.1) is 0 Å². The molecule has 2 aromatic carbocycles. The zero-order valence-corrected chi connectivity index (χ0v) is 14.8. The summed E-state index contributed by atoms with van der Waals surface area (Å²) in [5.41, 5.74) is 3.45. The average molecular weight is 368 g/mol. The van der Waals surface area contributed by atoms with Gasteiger partial charge in [0.05, 0.1) is 10.7 Å². The maximum Gasteiger partial charge on any atom is 0.254 e. The summed E-state index contributed by atoms with van der Waals surface area (Å²) in [5, 5.41) is 9.90. The van der Waals surface area contributed by atoms with Gasteiger partial charge in [0, 0.05) is 30.8 Å². The van der Waals surface area contributed by atoms with Gasteiger partial charge < -0.3 is 10.1 Å². The molecule has 0 amide bonds. The highest BCUT2D eigenvalue weighted by Gasteiger charge is 2.21. The fourth-order valence-electron chi connectivity index (χ4n) is 3.27. The predicted molar refractivity (Wildman–Crippen MR) is 101 cm³/mol. The van der Waals surface area contributed by atoms with Crippen molar-refractivity contribution in [2.45, 2.75) is 19.5 Å². The Morgan fingerprint density at radius 1 is 1.19 bits per heavy atom. The number of rotatable bonds is 3. The molecule has 0 saturated carbocycles. The second-order valence-corrected chi connectivity index (χ2v) is 6.86. The molecule has 0 fully saturated rings. The Bertz CT molecular complexity index is 1000. The first-order valence-corrected chi connectivity index (χ1v) is 8.85. The van der Waals surface area contributed by atoms with Crippen LogP contribution < -0.4 is 5.56 Å². The molecule has 6 heteroatoms. The zero-order chi connectivity index (χ0) is 18.1. The molecule has 26 heavy (non-hydrogen) atoms. The van der Waals surface area contributed by atoms with Crippen molar-refractivity contribution in [2.75, 3.05) is 6.54 Å². The minimum atomic E-state index is -0.0545. The SMILES string of the molecule is O=c1[nH]c(-c2ccccc2)nc2c1CCN(Cc1ccc(O)c(Cl)c1)C2. The van der Waals surface area contributed by atoms with Crippen LogP contribution in [0.25, 0.3) is 11.4 Å². The molecule has 3 aromatic rings. The van der Waals surface area contributed by atoms with Gasteiger partial charge in [-0.15, -0.1) is 0 Å². The minimum Gasteiger partial charge on any atom is -0.506 e. The van der Waals surface area contributed by atoms with Crippen LogP contribution in [0.1, 0.15) is 16.8 Å². The molecule has 0 spiro atoms. The molecule has 0 radical (unpaired) electrons. The number of halogens is 1. The quantitative estimate of drug-likeness (QED) is 0.744. The number of phenols is 1. The molecule has 0 saturated heterocycles. The van der Waals surface area contributed by atoms with E-state index in [0.29, 0.717) is 30.4 Å². The van der Waals surface area contributed by atoms with Gasteiger partial charge >= 0.3 is 0 Å². The summed E-state index contributed by atoms with van der Waals surface area (Å²) in [6.45, 7) is 2.08. The average Bonchev–Trinajstić information content (AvgIpc) is 2.65. The van der Waals surface area contributed by atoms with Crippen molar-refractivity contribution in [3.63, 3.8) is 0 Å². The van der Waals surface area contributed by atoms with Gasteiger partial charge in [0.15, 0.2) is 0 Å². The van der Waals surface area contributed by atoms with E-state index < -0.39 is 0 Å². The van der Waals surface area contributed by atoms with E-state index in [2.05, 4.69) is 9.88 Å². The molecule has 5 nitrogen and oxygen atoms in total. The van der Waals surface area contributed by atoms with Crippen LogP contribution in [0.2, 0.25) is 5.02 Å².